The quantitative estimate of drug-likeness (QED) is 0.563. The maximum atomic E-state index is 13.0. The van der Waals surface area contributed by atoms with Crippen LogP contribution in [0.3, 0.4) is 0 Å². The van der Waals surface area contributed by atoms with Gasteiger partial charge in [0.1, 0.15) is 11.6 Å². The van der Waals surface area contributed by atoms with E-state index in [0.29, 0.717) is 19.3 Å². The molecular formula is C11H17FO4S. The summed E-state index contributed by atoms with van der Waals surface area (Å²) in [5, 5.41) is -1.27. The van der Waals surface area contributed by atoms with Crippen molar-refractivity contribution in [3.8, 4) is 0 Å². The van der Waals surface area contributed by atoms with E-state index in [1.165, 1.54) is 6.92 Å². The standard InChI is InChI=1S/C11H17FO4S/c1-8(13)10-6-4-2-3-5-9(7-11(10)14)17(12,15)16/h9-10H,2-7H2,1H3. The summed E-state index contributed by atoms with van der Waals surface area (Å²) in [4.78, 5) is 23.0. The Labute approximate surface area is 101 Å². The third kappa shape index (κ3) is 4.18. The molecule has 6 heteroatoms. The Morgan fingerprint density at radius 3 is 2.35 bits per heavy atom. The highest BCUT2D eigenvalue weighted by Crippen LogP contribution is 2.24. The predicted octanol–water partition coefficient (Wildman–Crippen LogP) is 1.78. The maximum Gasteiger partial charge on any atom is 0.305 e. The smallest absolute Gasteiger partial charge is 0.299 e. The van der Waals surface area contributed by atoms with E-state index in [-0.39, 0.29) is 18.6 Å². The molecule has 0 bridgehead atoms. The van der Waals surface area contributed by atoms with E-state index in [1.54, 1.807) is 0 Å². The Balaban J connectivity index is 2.87. The highest BCUT2D eigenvalue weighted by molar-refractivity contribution is 7.87. The van der Waals surface area contributed by atoms with Crippen molar-refractivity contribution in [3.63, 3.8) is 0 Å². The van der Waals surface area contributed by atoms with Gasteiger partial charge in [-0.2, -0.15) is 8.42 Å². The molecule has 98 valence electrons. The first-order valence-electron chi connectivity index (χ1n) is 5.79. The van der Waals surface area contributed by atoms with Crippen molar-refractivity contribution >= 4 is 21.8 Å². The molecule has 0 aromatic carbocycles. The van der Waals surface area contributed by atoms with E-state index >= 15 is 0 Å². The van der Waals surface area contributed by atoms with Crippen LogP contribution < -0.4 is 0 Å². The fourth-order valence-electron chi connectivity index (χ4n) is 2.20. The van der Waals surface area contributed by atoms with Crippen molar-refractivity contribution in [2.45, 2.75) is 50.7 Å². The molecule has 2 unspecified atom stereocenters. The van der Waals surface area contributed by atoms with Crippen LogP contribution in [0, 0.1) is 5.92 Å². The zero-order valence-corrected chi connectivity index (χ0v) is 10.6. The van der Waals surface area contributed by atoms with Crippen LogP contribution in [0.15, 0.2) is 0 Å². The van der Waals surface area contributed by atoms with Crippen molar-refractivity contribution in [1.82, 2.24) is 0 Å². The van der Waals surface area contributed by atoms with E-state index in [9.17, 15) is 21.9 Å². The minimum absolute atomic E-state index is 0.162. The van der Waals surface area contributed by atoms with Gasteiger partial charge < -0.3 is 0 Å². The van der Waals surface area contributed by atoms with Gasteiger partial charge in [-0.3, -0.25) is 9.59 Å². The summed E-state index contributed by atoms with van der Waals surface area (Å²) in [6.45, 7) is 1.32. The lowest BCUT2D eigenvalue weighted by Gasteiger charge is -2.13. The molecule has 1 saturated carbocycles. The Kier molecular flexibility index (Phi) is 4.80. The second kappa shape index (κ2) is 5.71. The van der Waals surface area contributed by atoms with Gasteiger partial charge in [-0.25, -0.2) is 0 Å². The van der Waals surface area contributed by atoms with Crippen LogP contribution in [0.25, 0.3) is 0 Å². The number of carbonyl (C=O) groups excluding carboxylic acids is 2. The first kappa shape index (κ1) is 14.3. The summed E-state index contributed by atoms with van der Waals surface area (Å²) >= 11 is 0. The molecular weight excluding hydrogens is 247 g/mol. The molecule has 17 heavy (non-hydrogen) atoms. The third-order valence-corrected chi connectivity index (χ3v) is 4.42. The Bertz CT molecular complexity index is 402. The van der Waals surface area contributed by atoms with Gasteiger partial charge in [0, 0.05) is 6.42 Å². The lowest BCUT2D eigenvalue weighted by molar-refractivity contribution is -0.131. The van der Waals surface area contributed by atoms with Gasteiger partial charge in [0.2, 0.25) is 0 Å². The van der Waals surface area contributed by atoms with Gasteiger partial charge in [0.25, 0.3) is 0 Å². The molecule has 0 aliphatic heterocycles. The fourth-order valence-corrected chi connectivity index (χ4v) is 3.01. The Hall–Kier alpha value is -0.780. The van der Waals surface area contributed by atoms with Crippen LogP contribution in [0.2, 0.25) is 0 Å². The monoisotopic (exact) mass is 264 g/mol. The highest BCUT2D eigenvalue weighted by Gasteiger charge is 2.32. The van der Waals surface area contributed by atoms with E-state index < -0.39 is 27.2 Å². The second-order valence-corrected chi connectivity index (χ2v) is 6.19. The zero-order valence-electron chi connectivity index (χ0n) is 9.82. The molecule has 4 nitrogen and oxygen atoms in total. The maximum absolute atomic E-state index is 13.0. The molecule has 1 aliphatic carbocycles. The summed E-state index contributed by atoms with van der Waals surface area (Å²) < 4.78 is 34.7. The first-order chi connectivity index (χ1) is 7.82. The topological polar surface area (TPSA) is 68.3 Å². The minimum atomic E-state index is -4.70. The highest BCUT2D eigenvalue weighted by atomic mass is 32.3. The lowest BCUT2D eigenvalue weighted by Crippen LogP contribution is -2.28. The van der Waals surface area contributed by atoms with Crippen LogP contribution >= 0.6 is 0 Å². The van der Waals surface area contributed by atoms with Crippen LogP contribution in [-0.2, 0) is 19.8 Å². The SMILES string of the molecule is CC(=O)C1CCCCCC(S(=O)(=O)F)CC1=O. The summed E-state index contributed by atoms with van der Waals surface area (Å²) in [5.74, 6) is -1.45. The Morgan fingerprint density at radius 2 is 1.82 bits per heavy atom. The van der Waals surface area contributed by atoms with Crippen LogP contribution in [0.4, 0.5) is 3.89 Å². The molecule has 0 heterocycles. The number of carbonyl (C=O) groups is 2. The summed E-state index contributed by atoms with van der Waals surface area (Å²) in [6, 6.07) is 0. The largest absolute Gasteiger partial charge is 0.305 e. The normalized spacial score (nSPS) is 28.0. The summed E-state index contributed by atoms with van der Waals surface area (Å²) in [5.41, 5.74) is 0. The lowest BCUT2D eigenvalue weighted by atomic mass is 9.92. The zero-order chi connectivity index (χ0) is 13.1. The molecule has 1 rings (SSSR count). The average Bonchev–Trinajstić information content (AvgIpc) is 2.26. The number of ketones is 2. The molecule has 0 spiro atoms. The van der Waals surface area contributed by atoms with E-state index in [1.807, 2.05) is 0 Å². The molecule has 0 radical (unpaired) electrons. The first-order valence-corrected chi connectivity index (χ1v) is 7.23. The summed E-state index contributed by atoms with van der Waals surface area (Å²) in [6.07, 6.45) is 2.25. The van der Waals surface area contributed by atoms with Gasteiger partial charge in [0.15, 0.2) is 0 Å². The van der Waals surface area contributed by atoms with Gasteiger partial charge in [-0.15, -0.1) is 3.89 Å². The van der Waals surface area contributed by atoms with Gasteiger partial charge in [-0.05, 0) is 19.8 Å². The molecule has 0 aromatic rings. The average molecular weight is 264 g/mol. The van der Waals surface area contributed by atoms with Crippen molar-refractivity contribution in [1.29, 1.82) is 0 Å². The predicted molar refractivity (Wildman–Crippen MR) is 60.7 cm³/mol. The molecule has 1 fully saturated rings. The van der Waals surface area contributed by atoms with Gasteiger partial charge in [-0.1, -0.05) is 19.3 Å². The second-order valence-electron chi connectivity index (χ2n) is 4.57. The molecule has 2 atom stereocenters. The van der Waals surface area contributed by atoms with Gasteiger partial charge >= 0.3 is 10.2 Å². The molecule has 0 saturated heterocycles. The van der Waals surface area contributed by atoms with Crippen molar-refractivity contribution in [3.05, 3.63) is 0 Å². The van der Waals surface area contributed by atoms with Crippen molar-refractivity contribution in [2.75, 3.05) is 0 Å². The van der Waals surface area contributed by atoms with Gasteiger partial charge in [0.05, 0.1) is 11.2 Å². The van der Waals surface area contributed by atoms with E-state index in [4.69, 9.17) is 0 Å². The van der Waals surface area contributed by atoms with E-state index in [2.05, 4.69) is 0 Å². The Morgan fingerprint density at radius 1 is 1.24 bits per heavy atom. The number of halogens is 1. The molecule has 1 aliphatic rings. The molecule has 0 N–H and O–H groups in total. The third-order valence-electron chi connectivity index (χ3n) is 3.23. The fraction of sp³-hybridized carbons (Fsp3) is 0.818. The van der Waals surface area contributed by atoms with Crippen molar-refractivity contribution in [2.24, 2.45) is 5.92 Å². The molecule has 0 amide bonds. The minimum Gasteiger partial charge on any atom is -0.299 e. The van der Waals surface area contributed by atoms with Crippen LogP contribution in [0.1, 0.15) is 45.4 Å². The van der Waals surface area contributed by atoms with E-state index in [0.717, 1.165) is 6.42 Å². The van der Waals surface area contributed by atoms with Crippen LogP contribution in [-0.4, -0.2) is 25.2 Å². The summed E-state index contributed by atoms with van der Waals surface area (Å²) in [7, 11) is -4.70. The number of rotatable bonds is 2. The number of Topliss-reactive ketones (excluding diaryl/α,β-unsaturated/α-hetero) is 2. The number of hydrogen-bond donors (Lipinski definition) is 0. The van der Waals surface area contributed by atoms with Crippen molar-refractivity contribution < 1.29 is 21.9 Å². The molecule has 0 aromatic heterocycles. The number of hydrogen-bond acceptors (Lipinski definition) is 4. The van der Waals surface area contributed by atoms with Crippen LogP contribution in [0.5, 0.6) is 0 Å².